The zero-order valence-electron chi connectivity index (χ0n) is 13.6. The van der Waals surface area contributed by atoms with Gasteiger partial charge in [0.2, 0.25) is 0 Å². The standard InChI is InChI=1S/C21H18N4/c22-17-10-4-8-15(12-17)19-20(16-9-5-11-18(23)13-16)25-21(24-19)14-6-2-1-3-7-14/h1-13H,22-23H2,(H,24,25). The van der Waals surface area contributed by atoms with Crippen molar-refractivity contribution in [2.75, 3.05) is 11.5 Å². The highest BCUT2D eigenvalue weighted by atomic mass is 14.9. The molecule has 4 heteroatoms. The van der Waals surface area contributed by atoms with Crippen molar-refractivity contribution in [1.29, 1.82) is 0 Å². The van der Waals surface area contributed by atoms with Gasteiger partial charge in [0.05, 0.1) is 11.4 Å². The summed E-state index contributed by atoms with van der Waals surface area (Å²) in [5.41, 5.74) is 18.1. The van der Waals surface area contributed by atoms with Gasteiger partial charge < -0.3 is 16.5 Å². The van der Waals surface area contributed by atoms with Crippen LogP contribution >= 0.6 is 0 Å². The second kappa shape index (κ2) is 6.17. The number of anilines is 2. The van der Waals surface area contributed by atoms with Gasteiger partial charge in [0.1, 0.15) is 5.82 Å². The van der Waals surface area contributed by atoms with E-state index in [4.69, 9.17) is 16.5 Å². The van der Waals surface area contributed by atoms with Crippen molar-refractivity contribution in [2.24, 2.45) is 0 Å². The summed E-state index contributed by atoms with van der Waals surface area (Å²) in [5.74, 6) is 0.815. The van der Waals surface area contributed by atoms with Crippen LogP contribution in [0.3, 0.4) is 0 Å². The fourth-order valence-electron chi connectivity index (χ4n) is 2.90. The van der Waals surface area contributed by atoms with Crippen LogP contribution in [0.2, 0.25) is 0 Å². The maximum absolute atomic E-state index is 5.97. The maximum atomic E-state index is 5.97. The Morgan fingerprint density at radius 1 is 0.640 bits per heavy atom. The lowest BCUT2D eigenvalue weighted by atomic mass is 10.0. The molecular weight excluding hydrogens is 308 g/mol. The molecule has 0 amide bonds. The first-order chi connectivity index (χ1) is 12.2. The summed E-state index contributed by atoms with van der Waals surface area (Å²) < 4.78 is 0. The Bertz CT molecular complexity index is 956. The van der Waals surface area contributed by atoms with Crippen LogP contribution in [0, 0.1) is 0 Å². The van der Waals surface area contributed by atoms with Crippen molar-refractivity contribution in [3.05, 3.63) is 78.9 Å². The molecule has 1 heterocycles. The molecule has 0 bridgehead atoms. The number of imidazole rings is 1. The van der Waals surface area contributed by atoms with E-state index in [2.05, 4.69) is 4.98 Å². The van der Waals surface area contributed by atoms with Crippen LogP contribution in [0.5, 0.6) is 0 Å². The number of nitrogens with zero attached hydrogens (tertiary/aromatic N) is 1. The third-order valence-corrected chi connectivity index (χ3v) is 4.09. The Labute approximate surface area is 146 Å². The van der Waals surface area contributed by atoms with Crippen molar-refractivity contribution >= 4 is 11.4 Å². The molecule has 3 aromatic carbocycles. The number of rotatable bonds is 3. The zero-order valence-corrected chi connectivity index (χ0v) is 13.6. The van der Waals surface area contributed by atoms with E-state index in [1.54, 1.807) is 0 Å². The molecule has 1 aromatic heterocycles. The van der Waals surface area contributed by atoms with Crippen molar-refractivity contribution in [2.45, 2.75) is 0 Å². The minimum Gasteiger partial charge on any atom is -0.399 e. The summed E-state index contributed by atoms with van der Waals surface area (Å²) in [4.78, 5) is 8.30. The van der Waals surface area contributed by atoms with E-state index < -0.39 is 0 Å². The minimum absolute atomic E-state index is 0.709. The van der Waals surface area contributed by atoms with Crippen molar-refractivity contribution in [3.63, 3.8) is 0 Å². The molecule has 0 aliphatic heterocycles. The fourth-order valence-corrected chi connectivity index (χ4v) is 2.90. The normalized spacial score (nSPS) is 10.7. The summed E-state index contributed by atoms with van der Waals surface area (Å²) >= 11 is 0. The predicted octanol–water partition coefficient (Wildman–Crippen LogP) is 4.58. The lowest BCUT2D eigenvalue weighted by Gasteiger charge is -2.05. The fraction of sp³-hybridized carbons (Fsp3) is 0. The van der Waals surface area contributed by atoms with E-state index in [0.29, 0.717) is 11.4 Å². The summed E-state index contributed by atoms with van der Waals surface area (Å²) in [6, 6.07) is 25.6. The summed E-state index contributed by atoms with van der Waals surface area (Å²) in [6.07, 6.45) is 0. The number of nitrogen functional groups attached to an aromatic ring is 2. The average molecular weight is 326 g/mol. The van der Waals surface area contributed by atoms with E-state index in [1.165, 1.54) is 0 Å². The Morgan fingerprint density at radius 2 is 1.24 bits per heavy atom. The first-order valence-corrected chi connectivity index (χ1v) is 8.08. The second-order valence-electron chi connectivity index (χ2n) is 5.93. The molecule has 122 valence electrons. The van der Waals surface area contributed by atoms with Crippen LogP contribution in [0.1, 0.15) is 0 Å². The van der Waals surface area contributed by atoms with E-state index in [9.17, 15) is 0 Å². The molecule has 0 atom stereocenters. The summed E-state index contributed by atoms with van der Waals surface area (Å²) in [6.45, 7) is 0. The third kappa shape index (κ3) is 2.97. The molecule has 0 spiro atoms. The molecule has 4 rings (SSSR count). The number of hydrogen-bond acceptors (Lipinski definition) is 3. The number of H-pyrrole nitrogens is 1. The molecule has 25 heavy (non-hydrogen) atoms. The van der Waals surface area contributed by atoms with Gasteiger partial charge in [-0.3, -0.25) is 0 Å². The van der Waals surface area contributed by atoms with E-state index in [0.717, 1.165) is 33.9 Å². The first kappa shape index (κ1) is 15.0. The zero-order chi connectivity index (χ0) is 17.2. The summed E-state index contributed by atoms with van der Waals surface area (Å²) in [7, 11) is 0. The predicted molar refractivity (Wildman–Crippen MR) is 104 cm³/mol. The van der Waals surface area contributed by atoms with Crippen LogP contribution in [-0.2, 0) is 0 Å². The van der Waals surface area contributed by atoms with Gasteiger partial charge in [-0.15, -0.1) is 0 Å². The quantitative estimate of drug-likeness (QED) is 0.482. The van der Waals surface area contributed by atoms with Gasteiger partial charge >= 0.3 is 0 Å². The number of nitrogens with one attached hydrogen (secondary N) is 1. The van der Waals surface area contributed by atoms with Gasteiger partial charge in [0.25, 0.3) is 0 Å². The number of nitrogens with two attached hydrogens (primary N) is 2. The van der Waals surface area contributed by atoms with Crippen molar-refractivity contribution in [1.82, 2.24) is 9.97 Å². The van der Waals surface area contributed by atoms with Crippen LogP contribution in [0.4, 0.5) is 11.4 Å². The van der Waals surface area contributed by atoms with E-state index in [1.807, 2.05) is 78.9 Å². The topological polar surface area (TPSA) is 80.7 Å². The molecule has 5 N–H and O–H groups in total. The Hall–Kier alpha value is -3.53. The van der Waals surface area contributed by atoms with E-state index >= 15 is 0 Å². The van der Waals surface area contributed by atoms with Crippen molar-refractivity contribution in [3.8, 4) is 33.9 Å². The highest BCUT2D eigenvalue weighted by molar-refractivity contribution is 5.83. The van der Waals surface area contributed by atoms with Crippen molar-refractivity contribution < 1.29 is 0 Å². The van der Waals surface area contributed by atoms with Gasteiger partial charge in [0.15, 0.2) is 0 Å². The Morgan fingerprint density at radius 3 is 1.92 bits per heavy atom. The molecule has 0 unspecified atom stereocenters. The molecule has 0 radical (unpaired) electrons. The first-order valence-electron chi connectivity index (χ1n) is 8.08. The summed E-state index contributed by atoms with van der Waals surface area (Å²) in [5, 5.41) is 0. The second-order valence-corrected chi connectivity index (χ2v) is 5.93. The highest BCUT2D eigenvalue weighted by Crippen LogP contribution is 2.34. The third-order valence-electron chi connectivity index (χ3n) is 4.09. The van der Waals surface area contributed by atoms with Gasteiger partial charge in [0, 0.05) is 28.1 Å². The lowest BCUT2D eigenvalue weighted by Crippen LogP contribution is -1.89. The molecular formula is C21H18N4. The largest absolute Gasteiger partial charge is 0.399 e. The molecule has 0 aliphatic carbocycles. The van der Waals surface area contributed by atoms with Crippen LogP contribution in [-0.4, -0.2) is 9.97 Å². The van der Waals surface area contributed by atoms with Crippen LogP contribution in [0.15, 0.2) is 78.9 Å². The average Bonchev–Trinajstić information content (AvgIpc) is 3.08. The minimum atomic E-state index is 0.709. The number of aromatic nitrogens is 2. The molecule has 4 nitrogen and oxygen atoms in total. The number of hydrogen-bond donors (Lipinski definition) is 3. The van der Waals surface area contributed by atoms with Gasteiger partial charge in [-0.05, 0) is 24.3 Å². The Balaban J connectivity index is 1.93. The molecule has 0 fully saturated rings. The number of aromatic amines is 1. The van der Waals surface area contributed by atoms with Crippen LogP contribution in [0.25, 0.3) is 33.9 Å². The van der Waals surface area contributed by atoms with Crippen LogP contribution < -0.4 is 11.5 Å². The van der Waals surface area contributed by atoms with E-state index in [-0.39, 0.29) is 0 Å². The smallest absolute Gasteiger partial charge is 0.138 e. The van der Waals surface area contributed by atoms with Gasteiger partial charge in [-0.2, -0.15) is 0 Å². The molecule has 4 aromatic rings. The highest BCUT2D eigenvalue weighted by Gasteiger charge is 2.15. The Kier molecular flexibility index (Phi) is 3.71. The lowest BCUT2D eigenvalue weighted by molar-refractivity contribution is 1.31. The molecule has 0 aliphatic rings. The molecule has 0 saturated heterocycles. The SMILES string of the molecule is Nc1cccc(-c2nc(-c3ccccc3)[nH]c2-c2cccc(N)c2)c1. The molecule has 0 saturated carbocycles. The van der Waals surface area contributed by atoms with Gasteiger partial charge in [-0.25, -0.2) is 4.98 Å². The monoisotopic (exact) mass is 326 g/mol. The number of benzene rings is 3. The maximum Gasteiger partial charge on any atom is 0.138 e. The van der Waals surface area contributed by atoms with Gasteiger partial charge in [-0.1, -0.05) is 54.6 Å².